The van der Waals surface area contributed by atoms with E-state index in [1.54, 1.807) is 0 Å². The second-order valence-corrected chi connectivity index (χ2v) is 5.46. The summed E-state index contributed by atoms with van der Waals surface area (Å²) in [6.07, 6.45) is 7.68. The first-order valence-corrected chi connectivity index (χ1v) is 6.74. The summed E-state index contributed by atoms with van der Waals surface area (Å²) in [5, 5.41) is 4.04. The van der Waals surface area contributed by atoms with Gasteiger partial charge in [0.1, 0.15) is 0 Å². The molecule has 1 saturated carbocycles. The van der Waals surface area contributed by atoms with Crippen molar-refractivity contribution in [2.24, 2.45) is 5.73 Å². The van der Waals surface area contributed by atoms with Gasteiger partial charge in [0, 0.05) is 17.9 Å². The second kappa shape index (κ2) is 5.17. The Hall–Kier alpha value is -0.900. The number of rotatable bonds is 4. The number of nitrogens with two attached hydrogens (primary N) is 1. The van der Waals surface area contributed by atoms with Gasteiger partial charge in [0.2, 0.25) is 5.89 Å². The quantitative estimate of drug-likeness (QED) is 0.874. The third-order valence-corrected chi connectivity index (χ3v) is 3.89. The molecule has 0 aliphatic heterocycles. The summed E-state index contributed by atoms with van der Waals surface area (Å²) in [7, 11) is 0. The van der Waals surface area contributed by atoms with Crippen LogP contribution in [0.25, 0.3) is 0 Å². The predicted molar refractivity (Wildman–Crippen MR) is 66.7 cm³/mol. The molecule has 0 saturated heterocycles. The lowest BCUT2D eigenvalue weighted by molar-refractivity contribution is 0.260. The summed E-state index contributed by atoms with van der Waals surface area (Å²) < 4.78 is 5.31. The molecule has 17 heavy (non-hydrogen) atoms. The lowest BCUT2D eigenvalue weighted by atomic mass is 9.80. The fourth-order valence-corrected chi connectivity index (χ4v) is 2.46. The van der Waals surface area contributed by atoms with E-state index in [1.165, 1.54) is 19.3 Å². The average molecular weight is 237 g/mol. The molecule has 4 heteroatoms. The van der Waals surface area contributed by atoms with E-state index in [2.05, 4.69) is 24.0 Å². The van der Waals surface area contributed by atoms with Crippen LogP contribution in [0, 0.1) is 0 Å². The van der Waals surface area contributed by atoms with Crippen LogP contribution in [0.3, 0.4) is 0 Å². The van der Waals surface area contributed by atoms with Gasteiger partial charge in [-0.2, -0.15) is 4.98 Å². The number of hydrogen-bond acceptors (Lipinski definition) is 4. The highest BCUT2D eigenvalue weighted by Crippen LogP contribution is 2.29. The molecule has 1 unspecified atom stereocenters. The number of aromatic nitrogens is 2. The van der Waals surface area contributed by atoms with Crippen molar-refractivity contribution >= 4 is 0 Å². The predicted octanol–water partition coefficient (Wildman–Crippen LogP) is 2.79. The Kier molecular flexibility index (Phi) is 3.82. The molecule has 1 aliphatic carbocycles. The van der Waals surface area contributed by atoms with Gasteiger partial charge in [0.25, 0.3) is 0 Å². The highest BCUT2D eigenvalue weighted by molar-refractivity contribution is 4.99. The minimum atomic E-state index is -0.114. The van der Waals surface area contributed by atoms with Gasteiger partial charge in [0.05, 0.1) is 0 Å². The van der Waals surface area contributed by atoms with Crippen molar-refractivity contribution in [3.05, 3.63) is 11.7 Å². The van der Waals surface area contributed by atoms with Crippen molar-refractivity contribution in [2.45, 2.75) is 70.3 Å². The van der Waals surface area contributed by atoms with Gasteiger partial charge in [0.15, 0.2) is 5.82 Å². The zero-order chi connectivity index (χ0) is 12.3. The van der Waals surface area contributed by atoms with E-state index in [0.29, 0.717) is 11.8 Å². The van der Waals surface area contributed by atoms with Gasteiger partial charge >= 0.3 is 0 Å². The molecule has 0 amide bonds. The Morgan fingerprint density at radius 1 is 1.35 bits per heavy atom. The Labute approximate surface area is 103 Å². The molecule has 1 aliphatic rings. The molecule has 0 radical (unpaired) electrons. The van der Waals surface area contributed by atoms with Gasteiger partial charge in [-0.1, -0.05) is 38.3 Å². The molecular formula is C13H23N3O. The summed E-state index contributed by atoms with van der Waals surface area (Å²) in [4.78, 5) is 4.46. The van der Waals surface area contributed by atoms with Gasteiger partial charge in [-0.05, 0) is 19.3 Å². The highest BCUT2D eigenvalue weighted by atomic mass is 16.5. The topological polar surface area (TPSA) is 64.9 Å². The van der Waals surface area contributed by atoms with Crippen molar-refractivity contribution in [2.75, 3.05) is 0 Å². The minimum absolute atomic E-state index is 0.114. The SMILES string of the molecule is CCC(C)c1noc(CC2(N)CCCCC2)n1. The van der Waals surface area contributed by atoms with Crippen LogP contribution in [0.4, 0.5) is 0 Å². The molecule has 0 spiro atoms. The maximum absolute atomic E-state index is 6.38. The van der Waals surface area contributed by atoms with E-state index in [4.69, 9.17) is 10.3 Å². The summed E-state index contributed by atoms with van der Waals surface area (Å²) in [6.45, 7) is 4.25. The van der Waals surface area contributed by atoms with Crippen LogP contribution in [-0.2, 0) is 6.42 Å². The second-order valence-electron chi connectivity index (χ2n) is 5.46. The number of nitrogens with zero attached hydrogens (tertiary/aromatic N) is 2. The van der Waals surface area contributed by atoms with Crippen LogP contribution in [0.5, 0.6) is 0 Å². The molecule has 4 nitrogen and oxygen atoms in total. The van der Waals surface area contributed by atoms with Crippen LogP contribution in [0.1, 0.15) is 70.0 Å². The van der Waals surface area contributed by atoms with Crippen LogP contribution >= 0.6 is 0 Å². The first-order valence-electron chi connectivity index (χ1n) is 6.74. The highest BCUT2D eigenvalue weighted by Gasteiger charge is 2.30. The van der Waals surface area contributed by atoms with Crippen LogP contribution in [-0.4, -0.2) is 15.7 Å². The van der Waals surface area contributed by atoms with Crippen molar-refractivity contribution in [1.29, 1.82) is 0 Å². The summed E-state index contributed by atoms with van der Waals surface area (Å²) >= 11 is 0. The van der Waals surface area contributed by atoms with Gasteiger partial charge in [-0.15, -0.1) is 0 Å². The van der Waals surface area contributed by atoms with Gasteiger partial charge < -0.3 is 10.3 Å². The molecular weight excluding hydrogens is 214 g/mol. The third-order valence-electron chi connectivity index (χ3n) is 3.89. The third kappa shape index (κ3) is 3.06. The molecule has 1 aromatic heterocycles. The summed E-state index contributed by atoms with van der Waals surface area (Å²) in [5.74, 6) is 1.90. The average Bonchev–Trinajstić information content (AvgIpc) is 2.76. The van der Waals surface area contributed by atoms with Gasteiger partial charge in [-0.3, -0.25) is 0 Å². The molecule has 2 N–H and O–H groups in total. The zero-order valence-electron chi connectivity index (χ0n) is 10.9. The van der Waals surface area contributed by atoms with E-state index in [0.717, 1.165) is 31.5 Å². The molecule has 96 valence electrons. The summed E-state index contributed by atoms with van der Waals surface area (Å²) in [5.41, 5.74) is 6.27. The largest absolute Gasteiger partial charge is 0.339 e. The Morgan fingerprint density at radius 3 is 2.71 bits per heavy atom. The standard InChI is InChI=1S/C13H23N3O/c1-3-10(2)12-15-11(17-16-12)9-13(14)7-5-4-6-8-13/h10H,3-9,14H2,1-2H3. The molecule has 1 heterocycles. The van der Waals surface area contributed by atoms with Crippen LogP contribution in [0.15, 0.2) is 4.52 Å². The Bertz CT molecular complexity index is 355. The van der Waals surface area contributed by atoms with Crippen molar-refractivity contribution in [3.63, 3.8) is 0 Å². The smallest absolute Gasteiger partial charge is 0.228 e. The van der Waals surface area contributed by atoms with Crippen molar-refractivity contribution in [1.82, 2.24) is 10.1 Å². The Balaban J connectivity index is 2.00. The molecule has 2 rings (SSSR count). The first kappa shape index (κ1) is 12.6. The fourth-order valence-electron chi connectivity index (χ4n) is 2.46. The van der Waals surface area contributed by atoms with Crippen molar-refractivity contribution in [3.8, 4) is 0 Å². The normalized spacial score (nSPS) is 21.4. The first-order chi connectivity index (χ1) is 8.13. The molecule has 0 aromatic carbocycles. The van der Waals surface area contributed by atoms with E-state index in [9.17, 15) is 0 Å². The maximum atomic E-state index is 6.38. The van der Waals surface area contributed by atoms with Crippen LogP contribution < -0.4 is 5.73 Å². The van der Waals surface area contributed by atoms with Crippen LogP contribution in [0.2, 0.25) is 0 Å². The zero-order valence-corrected chi connectivity index (χ0v) is 10.9. The Morgan fingerprint density at radius 2 is 2.06 bits per heavy atom. The lowest BCUT2D eigenvalue weighted by Crippen LogP contribution is -2.43. The molecule has 1 aromatic rings. The van der Waals surface area contributed by atoms with E-state index >= 15 is 0 Å². The van der Waals surface area contributed by atoms with Gasteiger partial charge in [-0.25, -0.2) is 0 Å². The monoisotopic (exact) mass is 237 g/mol. The number of hydrogen-bond donors (Lipinski definition) is 1. The van der Waals surface area contributed by atoms with E-state index in [-0.39, 0.29) is 5.54 Å². The molecule has 1 fully saturated rings. The summed E-state index contributed by atoms with van der Waals surface area (Å²) in [6, 6.07) is 0. The molecule has 1 atom stereocenters. The van der Waals surface area contributed by atoms with E-state index < -0.39 is 0 Å². The van der Waals surface area contributed by atoms with Crippen molar-refractivity contribution < 1.29 is 4.52 Å². The maximum Gasteiger partial charge on any atom is 0.228 e. The lowest BCUT2D eigenvalue weighted by Gasteiger charge is -2.31. The molecule has 0 bridgehead atoms. The minimum Gasteiger partial charge on any atom is -0.339 e. The van der Waals surface area contributed by atoms with E-state index in [1.807, 2.05) is 0 Å². The fraction of sp³-hybridized carbons (Fsp3) is 0.846.